The highest BCUT2D eigenvalue weighted by Crippen LogP contribution is 1.97. The highest BCUT2D eigenvalue weighted by atomic mass is 32.2. The lowest BCUT2D eigenvalue weighted by molar-refractivity contribution is 0.00197. The Morgan fingerprint density at radius 2 is 1.69 bits per heavy atom. The summed E-state index contributed by atoms with van der Waals surface area (Å²) in [6.45, 7) is 5.31. The first-order valence-corrected chi connectivity index (χ1v) is 5.17. The Hall–Kier alpha value is -0.0100. The van der Waals surface area contributed by atoms with E-state index in [-0.39, 0.29) is 13.2 Å². The molecule has 0 aliphatic rings. The van der Waals surface area contributed by atoms with E-state index in [2.05, 4.69) is 4.18 Å². The Morgan fingerprint density at radius 1 is 1.23 bits per heavy atom. The third-order valence-corrected chi connectivity index (χ3v) is 1.67. The van der Waals surface area contributed by atoms with E-state index < -0.39 is 17.5 Å². The van der Waals surface area contributed by atoms with Gasteiger partial charge in [0.2, 0.25) is 0 Å². The van der Waals surface area contributed by atoms with Crippen LogP contribution in [-0.2, 0) is 25.0 Å². The third-order valence-electron chi connectivity index (χ3n) is 1.23. The highest BCUT2D eigenvalue weighted by Gasteiger charge is 2.12. The first-order valence-electron chi connectivity index (χ1n) is 4.14. The van der Waals surface area contributed by atoms with Crippen molar-refractivity contribution in [3.8, 4) is 0 Å². The van der Waals surface area contributed by atoms with Gasteiger partial charge < -0.3 is 9.47 Å². The van der Waals surface area contributed by atoms with Gasteiger partial charge in [0, 0.05) is 13.2 Å². The minimum Gasteiger partial charge on any atom is -0.379 e. The van der Waals surface area contributed by atoms with Gasteiger partial charge in [-0.05, 0) is 13.8 Å². The molecule has 0 rings (SSSR count). The molecule has 0 fully saturated rings. The van der Waals surface area contributed by atoms with Gasteiger partial charge in [-0.1, -0.05) is 0 Å². The summed E-state index contributed by atoms with van der Waals surface area (Å²) in [5.74, 6) is 0. The van der Waals surface area contributed by atoms with Gasteiger partial charge in [-0.25, -0.2) is 0 Å². The summed E-state index contributed by atoms with van der Waals surface area (Å²) in [6.07, 6.45) is -0.481. The van der Waals surface area contributed by atoms with E-state index in [4.69, 9.17) is 14.0 Å². The molecule has 0 aromatic carbocycles. The maximum atomic E-state index is 10.3. The lowest BCUT2D eigenvalue weighted by Crippen LogP contribution is -2.26. The normalized spacial score (nSPS) is 13.5. The number of hydrogen-bond acceptors (Lipinski definition) is 4. The molecule has 0 amide bonds. The van der Waals surface area contributed by atoms with Gasteiger partial charge in [-0.3, -0.25) is 8.74 Å². The number of hydrogen-bond donors (Lipinski definition) is 1. The summed E-state index contributed by atoms with van der Waals surface area (Å²) in [5.41, 5.74) is 0. The molecule has 0 saturated heterocycles. The molecule has 0 spiro atoms. The molecule has 5 nitrogen and oxygen atoms in total. The van der Waals surface area contributed by atoms with Gasteiger partial charge in [-0.15, -0.1) is 0 Å². The molecule has 80 valence electrons. The van der Waals surface area contributed by atoms with Gasteiger partial charge in [0.25, 0.3) is 0 Å². The van der Waals surface area contributed by atoms with Gasteiger partial charge in [0.05, 0.1) is 13.2 Å². The fourth-order valence-corrected chi connectivity index (χ4v) is 1.06. The van der Waals surface area contributed by atoms with Crippen molar-refractivity contribution in [3.05, 3.63) is 0 Å². The molecule has 13 heavy (non-hydrogen) atoms. The molecule has 1 atom stereocenters. The number of rotatable bonds is 8. The van der Waals surface area contributed by atoms with E-state index >= 15 is 0 Å². The Balaban J connectivity index is 3.66. The van der Waals surface area contributed by atoms with E-state index in [1.807, 2.05) is 13.8 Å². The molecule has 0 bridgehead atoms. The first kappa shape index (κ1) is 13.0. The van der Waals surface area contributed by atoms with Crippen LogP contribution in [0.15, 0.2) is 0 Å². The summed E-state index contributed by atoms with van der Waals surface area (Å²) < 4.78 is 33.5. The molecule has 0 radical (unpaired) electrons. The maximum Gasteiger partial charge on any atom is 0.302 e. The molecule has 1 unspecified atom stereocenters. The Kier molecular flexibility index (Phi) is 8.58. The predicted molar refractivity (Wildman–Crippen MR) is 48.6 cm³/mol. The van der Waals surface area contributed by atoms with Crippen molar-refractivity contribution in [2.75, 3.05) is 26.4 Å². The van der Waals surface area contributed by atoms with E-state index in [1.54, 1.807) is 0 Å². The Morgan fingerprint density at radius 3 is 2.00 bits per heavy atom. The lowest BCUT2D eigenvalue weighted by atomic mass is 10.4. The van der Waals surface area contributed by atoms with Crippen LogP contribution < -0.4 is 0 Å². The number of ether oxygens (including phenoxy) is 2. The molecule has 0 aromatic rings. The second kappa shape index (κ2) is 8.58. The molecule has 0 aliphatic carbocycles. The summed E-state index contributed by atoms with van der Waals surface area (Å²) in [6, 6.07) is 0. The third kappa shape index (κ3) is 8.32. The van der Waals surface area contributed by atoms with E-state index in [9.17, 15) is 4.21 Å². The summed E-state index contributed by atoms with van der Waals surface area (Å²) in [4.78, 5) is 0. The standard InChI is InChI=1S/C7H16O5S/c1-3-10-5-7(6-11-4-2)12-13(8)9/h7H,3-6H2,1-2H3,(H,8,9). The van der Waals surface area contributed by atoms with E-state index in [0.29, 0.717) is 13.2 Å². The van der Waals surface area contributed by atoms with Crippen LogP contribution in [0.4, 0.5) is 0 Å². The Bertz CT molecular complexity index is 133. The summed E-state index contributed by atoms with van der Waals surface area (Å²) >= 11 is -2.26. The van der Waals surface area contributed by atoms with Crippen molar-refractivity contribution in [3.63, 3.8) is 0 Å². The van der Waals surface area contributed by atoms with Crippen molar-refractivity contribution < 1.29 is 22.4 Å². The van der Waals surface area contributed by atoms with Crippen molar-refractivity contribution in [2.45, 2.75) is 20.0 Å². The topological polar surface area (TPSA) is 65.0 Å². The van der Waals surface area contributed by atoms with Crippen molar-refractivity contribution >= 4 is 11.4 Å². The molecule has 0 aliphatic heterocycles. The second-order valence-electron chi connectivity index (χ2n) is 2.25. The smallest absolute Gasteiger partial charge is 0.302 e. The average Bonchev–Trinajstić information content (AvgIpc) is 2.09. The molecule has 0 aromatic heterocycles. The Labute approximate surface area is 80.9 Å². The molecule has 1 N–H and O–H groups in total. The summed E-state index contributed by atoms with van der Waals surface area (Å²) in [7, 11) is 0. The molecular weight excluding hydrogens is 196 g/mol. The summed E-state index contributed by atoms with van der Waals surface area (Å²) in [5, 5.41) is 0. The minimum absolute atomic E-state index is 0.267. The SMILES string of the molecule is CCOCC(COCC)OS(=O)O. The monoisotopic (exact) mass is 212 g/mol. The van der Waals surface area contributed by atoms with Gasteiger partial charge >= 0.3 is 11.4 Å². The van der Waals surface area contributed by atoms with Crippen LogP contribution in [0.1, 0.15) is 13.8 Å². The van der Waals surface area contributed by atoms with Crippen LogP contribution in [0.3, 0.4) is 0 Å². The zero-order valence-corrected chi connectivity index (χ0v) is 8.71. The van der Waals surface area contributed by atoms with Crippen LogP contribution in [0.5, 0.6) is 0 Å². The largest absolute Gasteiger partial charge is 0.379 e. The quantitative estimate of drug-likeness (QED) is 0.596. The molecular formula is C7H16O5S. The van der Waals surface area contributed by atoms with Crippen LogP contribution in [0.25, 0.3) is 0 Å². The molecule has 0 saturated carbocycles. The van der Waals surface area contributed by atoms with Crippen LogP contribution >= 0.6 is 0 Å². The lowest BCUT2D eigenvalue weighted by Gasteiger charge is -2.14. The first-order chi connectivity index (χ1) is 6.20. The van der Waals surface area contributed by atoms with Crippen molar-refractivity contribution in [1.29, 1.82) is 0 Å². The van der Waals surface area contributed by atoms with Crippen molar-refractivity contribution in [1.82, 2.24) is 0 Å². The predicted octanol–water partition coefficient (Wildman–Crippen LogP) is 0.581. The van der Waals surface area contributed by atoms with Crippen LogP contribution in [-0.4, -0.2) is 41.3 Å². The van der Waals surface area contributed by atoms with E-state index in [1.165, 1.54) is 0 Å². The van der Waals surface area contributed by atoms with E-state index in [0.717, 1.165) is 0 Å². The maximum absolute atomic E-state index is 10.3. The molecule has 0 heterocycles. The highest BCUT2D eigenvalue weighted by molar-refractivity contribution is 7.74. The van der Waals surface area contributed by atoms with Crippen molar-refractivity contribution in [2.24, 2.45) is 0 Å². The van der Waals surface area contributed by atoms with Crippen LogP contribution in [0.2, 0.25) is 0 Å². The fourth-order valence-electron chi connectivity index (χ4n) is 0.719. The van der Waals surface area contributed by atoms with Crippen LogP contribution in [0, 0.1) is 0 Å². The zero-order valence-electron chi connectivity index (χ0n) is 7.89. The molecule has 6 heteroatoms. The minimum atomic E-state index is -2.26. The van der Waals surface area contributed by atoms with Gasteiger partial charge in [-0.2, -0.15) is 4.21 Å². The fraction of sp³-hybridized carbons (Fsp3) is 1.00. The zero-order chi connectivity index (χ0) is 10.1. The van der Waals surface area contributed by atoms with Gasteiger partial charge in [0.1, 0.15) is 6.10 Å². The second-order valence-corrected chi connectivity index (χ2v) is 2.88. The average molecular weight is 212 g/mol. The van der Waals surface area contributed by atoms with Gasteiger partial charge in [0.15, 0.2) is 0 Å².